The molecule has 3 unspecified atom stereocenters. The highest BCUT2D eigenvalue weighted by atomic mass is 16.6. The van der Waals surface area contributed by atoms with Crippen LogP contribution >= 0.6 is 0 Å². The lowest BCUT2D eigenvalue weighted by molar-refractivity contribution is 0.00492. The van der Waals surface area contributed by atoms with Crippen LogP contribution in [0.1, 0.15) is 33.6 Å². The van der Waals surface area contributed by atoms with Gasteiger partial charge in [0.1, 0.15) is 5.60 Å². The van der Waals surface area contributed by atoms with Crippen molar-refractivity contribution >= 4 is 6.09 Å². The van der Waals surface area contributed by atoms with E-state index in [-0.39, 0.29) is 6.09 Å². The zero-order valence-electron chi connectivity index (χ0n) is 12.8. The standard InChI is InChI=1S/C16H26N2O2/c1-16(2,3)20-15(19)18-9-14(10-18)17-8-13-7-11-4-5-12(13)6-11/h4-5,11-14,17H,6-10H2,1-3H3. The predicted molar refractivity (Wildman–Crippen MR) is 78.4 cm³/mol. The van der Waals surface area contributed by atoms with E-state index in [1.165, 1.54) is 12.8 Å². The molecule has 1 aliphatic heterocycles. The maximum absolute atomic E-state index is 11.8. The summed E-state index contributed by atoms with van der Waals surface area (Å²) in [5.41, 5.74) is -0.398. The summed E-state index contributed by atoms with van der Waals surface area (Å²) in [6.07, 6.45) is 7.30. The van der Waals surface area contributed by atoms with Gasteiger partial charge >= 0.3 is 6.09 Å². The third-order valence-electron chi connectivity index (χ3n) is 4.62. The molecule has 112 valence electrons. The normalized spacial score (nSPS) is 32.5. The highest BCUT2D eigenvalue weighted by Crippen LogP contribution is 2.43. The number of carbonyl (C=O) groups excluding carboxylic acids is 1. The van der Waals surface area contributed by atoms with Gasteiger partial charge in [0.15, 0.2) is 0 Å². The number of nitrogens with one attached hydrogen (secondary N) is 1. The van der Waals surface area contributed by atoms with Crippen molar-refractivity contribution in [1.82, 2.24) is 10.2 Å². The number of nitrogens with zero attached hydrogens (tertiary/aromatic N) is 1. The molecule has 0 spiro atoms. The summed E-state index contributed by atoms with van der Waals surface area (Å²) in [5, 5.41) is 3.61. The third-order valence-corrected chi connectivity index (χ3v) is 4.62. The van der Waals surface area contributed by atoms with E-state index in [1.54, 1.807) is 4.90 Å². The molecule has 4 nitrogen and oxygen atoms in total. The molecule has 0 aromatic rings. The Bertz CT molecular complexity index is 407. The van der Waals surface area contributed by atoms with E-state index in [1.807, 2.05) is 20.8 Å². The van der Waals surface area contributed by atoms with Gasteiger partial charge in [-0.3, -0.25) is 0 Å². The summed E-state index contributed by atoms with van der Waals surface area (Å²) in [4.78, 5) is 13.6. The van der Waals surface area contributed by atoms with Crippen molar-refractivity contribution in [2.24, 2.45) is 17.8 Å². The first-order valence-electron chi connectivity index (χ1n) is 7.80. The molecule has 0 aromatic carbocycles. The second-order valence-electron chi connectivity index (χ2n) is 7.53. The van der Waals surface area contributed by atoms with Crippen LogP contribution in [0.3, 0.4) is 0 Å². The van der Waals surface area contributed by atoms with Crippen LogP contribution in [0, 0.1) is 17.8 Å². The van der Waals surface area contributed by atoms with Crippen molar-refractivity contribution in [2.45, 2.75) is 45.3 Å². The van der Waals surface area contributed by atoms with E-state index in [2.05, 4.69) is 17.5 Å². The topological polar surface area (TPSA) is 41.6 Å². The van der Waals surface area contributed by atoms with Crippen LogP contribution in [0.25, 0.3) is 0 Å². The molecule has 20 heavy (non-hydrogen) atoms. The van der Waals surface area contributed by atoms with Crippen molar-refractivity contribution < 1.29 is 9.53 Å². The quantitative estimate of drug-likeness (QED) is 0.806. The van der Waals surface area contributed by atoms with Gasteiger partial charge in [0.05, 0.1) is 0 Å². The minimum absolute atomic E-state index is 0.182. The summed E-state index contributed by atoms with van der Waals surface area (Å²) in [6.45, 7) is 8.38. The van der Waals surface area contributed by atoms with Gasteiger partial charge in [-0.2, -0.15) is 0 Å². The lowest BCUT2D eigenvalue weighted by Gasteiger charge is -2.40. The zero-order valence-corrected chi connectivity index (χ0v) is 12.8. The highest BCUT2D eigenvalue weighted by Gasteiger charge is 2.37. The van der Waals surface area contributed by atoms with Crippen molar-refractivity contribution in [3.8, 4) is 0 Å². The number of rotatable bonds is 3. The number of hydrogen-bond acceptors (Lipinski definition) is 3. The second-order valence-corrected chi connectivity index (χ2v) is 7.53. The van der Waals surface area contributed by atoms with Crippen molar-refractivity contribution in [1.29, 1.82) is 0 Å². The Hall–Kier alpha value is -1.03. The molecule has 4 heteroatoms. The average molecular weight is 278 g/mol. The molecule has 0 radical (unpaired) electrons. The van der Waals surface area contributed by atoms with Gasteiger partial charge in [0.25, 0.3) is 0 Å². The zero-order chi connectivity index (χ0) is 14.3. The molecule has 1 saturated heterocycles. The van der Waals surface area contributed by atoms with E-state index in [9.17, 15) is 4.79 Å². The molecule has 1 saturated carbocycles. The number of fused-ring (bicyclic) bond motifs is 2. The Morgan fingerprint density at radius 1 is 1.30 bits per heavy atom. The Morgan fingerprint density at radius 3 is 2.60 bits per heavy atom. The van der Waals surface area contributed by atoms with Gasteiger partial charge in [-0.1, -0.05) is 12.2 Å². The molecule has 3 atom stereocenters. The van der Waals surface area contributed by atoms with E-state index >= 15 is 0 Å². The number of allylic oxidation sites excluding steroid dienone is 2. The number of ether oxygens (including phenoxy) is 1. The van der Waals surface area contributed by atoms with Crippen LogP contribution in [-0.4, -0.2) is 42.3 Å². The number of likely N-dealkylation sites (tertiary alicyclic amines) is 1. The average Bonchev–Trinajstić information content (AvgIpc) is 2.85. The minimum atomic E-state index is -0.398. The molecule has 3 aliphatic rings. The van der Waals surface area contributed by atoms with E-state index in [0.717, 1.165) is 37.4 Å². The molecular weight excluding hydrogens is 252 g/mol. The Balaban J connectivity index is 1.35. The molecule has 0 aromatic heterocycles. The van der Waals surface area contributed by atoms with E-state index in [4.69, 9.17) is 4.74 Å². The first-order chi connectivity index (χ1) is 9.40. The van der Waals surface area contributed by atoms with Crippen LogP contribution in [0.4, 0.5) is 4.79 Å². The fraction of sp³-hybridized carbons (Fsp3) is 0.812. The van der Waals surface area contributed by atoms with Gasteiger partial charge < -0.3 is 15.0 Å². The first kappa shape index (κ1) is 13.9. The van der Waals surface area contributed by atoms with Crippen molar-refractivity contribution in [3.63, 3.8) is 0 Å². The van der Waals surface area contributed by atoms with Crippen LogP contribution in [0.5, 0.6) is 0 Å². The largest absolute Gasteiger partial charge is 0.444 e. The van der Waals surface area contributed by atoms with Gasteiger partial charge in [-0.15, -0.1) is 0 Å². The van der Waals surface area contributed by atoms with Crippen molar-refractivity contribution in [3.05, 3.63) is 12.2 Å². The first-order valence-corrected chi connectivity index (χ1v) is 7.80. The van der Waals surface area contributed by atoms with E-state index < -0.39 is 5.60 Å². The molecular formula is C16H26N2O2. The number of carbonyl (C=O) groups is 1. The highest BCUT2D eigenvalue weighted by molar-refractivity contribution is 5.69. The molecule has 2 bridgehead atoms. The number of hydrogen-bond donors (Lipinski definition) is 1. The van der Waals surface area contributed by atoms with Gasteiger partial charge in [0.2, 0.25) is 0 Å². The fourth-order valence-corrected chi connectivity index (χ4v) is 3.53. The lowest BCUT2D eigenvalue weighted by atomic mass is 9.93. The smallest absolute Gasteiger partial charge is 0.410 e. The summed E-state index contributed by atoms with van der Waals surface area (Å²) in [6, 6.07) is 0.450. The molecule has 1 amide bonds. The van der Waals surface area contributed by atoms with Gasteiger partial charge in [-0.05, 0) is 57.9 Å². The van der Waals surface area contributed by atoms with Crippen LogP contribution in [0.2, 0.25) is 0 Å². The summed E-state index contributed by atoms with van der Waals surface area (Å²) in [7, 11) is 0. The van der Waals surface area contributed by atoms with Crippen LogP contribution < -0.4 is 5.32 Å². The molecule has 2 fully saturated rings. The number of amides is 1. The van der Waals surface area contributed by atoms with E-state index in [0.29, 0.717) is 6.04 Å². The van der Waals surface area contributed by atoms with Gasteiger partial charge in [-0.25, -0.2) is 4.79 Å². The SMILES string of the molecule is CC(C)(C)OC(=O)N1CC(NCC2CC3C=CC2C3)C1. The molecule has 3 rings (SSSR count). The lowest BCUT2D eigenvalue weighted by Crippen LogP contribution is -2.61. The molecule has 1 heterocycles. The Morgan fingerprint density at radius 2 is 2.05 bits per heavy atom. The summed E-state index contributed by atoms with van der Waals surface area (Å²) in [5.74, 6) is 2.45. The molecule has 1 N–H and O–H groups in total. The van der Waals surface area contributed by atoms with Gasteiger partial charge in [0, 0.05) is 19.1 Å². The maximum atomic E-state index is 11.8. The second kappa shape index (κ2) is 5.06. The third kappa shape index (κ3) is 3.00. The summed E-state index contributed by atoms with van der Waals surface area (Å²) >= 11 is 0. The monoisotopic (exact) mass is 278 g/mol. The van der Waals surface area contributed by atoms with Crippen LogP contribution in [-0.2, 0) is 4.74 Å². The van der Waals surface area contributed by atoms with Crippen LogP contribution in [0.15, 0.2) is 12.2 Å². The Labute approximate surface area is 121 Å². The maximum Gasteiger partial charge on any atom is 0.410 e. The fourth-order valence-electron chi connectivity index (χ4n) is 3.53. The van der Waals surface area contributed by atoms with Crippen molar-refractivity contribution in [2.75, 3.05) is 19.6 Å². The molecule has 2 aliphatic carbocycles. The Kier molecular flexibility index (Phi) is 3.53. The summed E-state index contributed by atoms with van der Waals surface area (Å²) < 4.78 is 5.36. The predicted octanol–water partition coefficient (Wildman–Crippen LogP) is 2.41. The minimum Gasteiger partial charge on any atom is -0.444 e.